The molecule has 0 radical (unpaired) electrons. The molecule has 2 aromatic rings. The SMILES string of the molecule is Cc1cccc(C(Br)c2cc(Cl)cc3c2OCC3)c1. The van der Waals surface area contributed by atoms with Gasteiger partial charge < -0.3 is 4.74 Å². The molecule has 0 spiro atoms. The second-order valence-electron chi connectivity index (χ2n) is 4.86. The van der Waals surface area contributed by atoms with Gasteiger partial charge in [-0.05, 0) is 30.2 Å². The number of ether oxygens (including phenoxy) is 1. The van der Waals surface area contributed by atoms with E-state index in [1.54, 1.807) is 0 Å². The lowest BCUT2D eigenvalue weighted by atomic mass is 10.00. The molecule has 0 amide bonds. The first-order chi connectivity index (χ1) is 9.15. The maximum Gasteiger partial charge on any atom is 0.127 e. The number of hydrogen-bond acceptors (Lipinski definition) is 1. The molecule has 0 N–H and O–H groups in total. The van der Waals surface area contributed by atoms with Crippen LogP contribution in [0.1, 0.15) is 27.1 Å². The topological polar surface area (TPSA) is 9.23 Å². The molecule has 1 unspecified atom stereocenters. The van der Waals surface area contributed by atoms with E-state index >= 15 is 0 Å². The van der Waals surface area contributed by atoms with Crippen LogP contribution in [-0.2, 0) is 6.42 Å². The molecule has 1 nitrogen and oxygen atoms in total. The largest absolute Gasteiger partial charge is 0.493 e. The van der Waals surface area contributed by atoms with Crippen molar-refractivity contribution in [2.75, 3.05) is 6.61 Å². The summed E-state index contributed by atoms with van der Waals surface area (Å²) in [6, 6.07) is 12.5. The summed E-state index contributed by atoms with van der Waals surface area (Å²) in [6.07, 6.45) is 0.941. The van der Waals surface area contributed by atoms with E-state index in [0.717, 1.165) is 29.4 Å². The molecule has 1 aliphatic rings. The Morgan fingerprint density at radius 1 is 1.26 bits per heavy atom. The maximum atomic E-state index is 6.21. The molecule has 1 atom stereocenters. The highest BCUT2D eigenvalue weighted by atomic mass is 79.9. The Hall–Kier alpha value is -0.990. The molecule has 19 heavy (non-hydrogen) atoms. The van der Waals surface area contributed by atoms with Gasteiger partial charge in [0.2, 0.25) is 0 Å². The summed E-state index contributed by atoms with van der Waals surface area (Å²) < 4.78 is 5.77. The summed E-state index contributed by atoms with van der Waals surface area (Å²) in [5, 5.41) is 0.774. The van der Waals surface area contributed by atoms with Gasteiger partial charge in [0.05, 0.1) is 11.4 Å². The minimum absolute atomic E-state index is 0.109. The molecule has 0 saturated heterocycles. The van der Waals surface area contributed by atoms with Crippen molar-refractivity contribution >= 4 is 27.5 Å². The normalized spacial score (nSPS) is 14.9. The summed E-state index contributed by atoms with van der Waals surface area (Å²) in [6.45, 7) is 2.85. The van der Waals surface area contributed by atoms with E-state index in [0.29, 0.717) is 0 Å². The van der Waals surface area contributed by atoms with Crippen LogP contribution in [0.5, 0.6) is 5.75 Å². The second kappa shape index (κ2) is 5.18. The quantitative estimate of drug-likeness (QED) is 0.695. The van der Waals surface area contributed by atoms with Crippen LogP contribution in [0.4, 0.5) is 0 Å². The van der Waals surface area contributed by atoms with Crippen molar-refractivity contribution < 1.29 is 4.74 Å². The average molecular weight is 338 g/mol. The van der Waals surface area contributed by atoms with Crippen LogP contribution in [0.15, 0.2) is 36.4 Å². The van der Waals surface area contributed by atoms with Gasteiger partial charge in [0.25, 0.3) is 0 Å². The zero-order valence-corrected chi connectivity index (χ0v) is 13.0. The smallest absolute Gasteiger partial charge is 0.127 e. The monoisotopic (exact) mass is 336 g/mol. The molecule has 1 heterocycles. The highest BCUT2D eigenvalue weighted by molar-refractivity contribution is 9.09. The van der Waals surface area contributed by atoms with Crippen LogP contribution in [0, 0.1) is 6.92 Å². The molecule has 0 saturated carbocycles. The number of hydrogen-bond donors (Lipinski definition) is 0. The van der Waals surface area contributed by atoms with E-state index in [1.165, 1.54) is 16.7 Å². The average Bonchev–Trinajstić information content (AvgIpc) is 2.85. The zero-order chi connectivity index (χ0) is 13.4. The van der Waals surface area contributed by atoms with Crippen molar-refractivity contribution in [2.24, 2.45) is 0 Å². The van der Waals surface area contributed by atoms with Crippen LogP contribution in [0.3, 0.4) is 0 Å². The lowest BCUT2D eigenvalue weighted by Gasteiger charge is -2.15. The molecular weight excluding hydrogens is 324 g/mol. The molecule has 0 aliphatic carbocycles. The number of alkyl halides is 1. The van der Waals surface area contributed by atoms with Crippen molar-refractivity contribution in [1.82, 2.24) is 0 Å². The van der Waals surface area contributed by atoms with E-state index in [-0.39, 0.29) is 4.83 Å². The van der Waals surface area contributed by atoms with Gasteiger partial charge in [0, 0.05) is 17.0 Å². The molecule has 0 fully saturated rings. The molecule has 2 aromatic carbocycles. The molecule has 1 aliphatic heterocycles. The molecule has 3 rings (SSSR count). The summed E-state index contributed by atoms with van der Waals surface area (Å²) in [5.74, 6) is 0.993. The maximum absolute atomic E-state index is 6.21. The van der Waals surface area contributed by atoms with Crippen LogP contribution in [0.25, 0.3) is 0 Å². The van der Waals surface area contributed by atoms with Crippen LogP contribution >= 0.6 is 27.5 Å². The van der Waals surface area contributed by atoms with E-state index in [9.17, 15) is 0 Å². The van der Waals surface area contributed by atoms with Crippen molar-refractivity contribution in [3.8, 4) is 5.75 Å². The van der Waals surface area contributed by atoms with Gasteiger partial charge in [-0.15, -0.1) is 0 Å². The van der Waals surface area contributed by atoms with Gasteiger partial charge in [0.1, 0.15) is 5.75 Å². The third kappa shape index (κ3) is 2.52. The fourth-order valence-corrected chi connectivity index (χ4v) is 3.37. The first kappa shape index (κ1) is 13.0. The van der Waals surface area contributed by atoms with Gasteiger partial charge in [-0.25, -0.2) is 0 Å². The fourth-order valence-electron chi connectivity index (χ4n) is 2.49. The second-order valence-corrected chi connectivity index (χ2v) is 6.21. The van der Waals surface area contributed by atoms with Gasteiger partial charge in [-0.3, -0.25) is 0 Å². The molecular formula is C16H14BrClO. The van der Waals surface area contributed by atoms with Gasteiger partial charge in [-0.2, -0.15) is 0 Å². The van der Waals surface area contributed by atoms with Gasteiger partial charge >= 0.3 is 0 Å². The third-order valence-corrected chi connectivity index (χ3v) is 4.63. The third-order valence-electron chi connectivity index (χ3n) is 3.38. The minimum atomic E-state index is 0.109. The van der Waals surface area contributed by atoms with Crippen LogP contribution < -0.4 is 4.74 Å². The Bertz CT molecular complexity index is 624. The summed E-state index contributed by atoms with van der Waals surface area (Å²) in [5.41, 5.74) is 4.80. The van der Waals surface area contributed by atoms with Crippen molar-refractivity contribution in [3.05, 3.63) is 63.7 Å². The van der Waals surface area contributed by atoms with Gasteiger partial charge in [0.15, 0.2) is 0 Å². The van der Waals surface area contributed by atoms with E-state index in [1.807, 2.05) is 12.1 Å². The lowest BCUT2D eigenvalue weighted by molar-refractivity contribution is 0.354. The Balaban J connectivity index is 2.07. The summed E-state index contributed by atoms with van der Waals surface area (Å²) in [4.78, 5) is 0.109. The van der Waals surface area contributed by atoms with Crippen molar-refractivity contribution in [2.45, 2.75) is 18.2 Å². The van der Waals surface area contributed by atoms with E-state index in [4.69, 9.17) is 16.3 Å². The van der Waals surface area contributed by atoms with Crippen molar-refractivity contribution in [1.29, 1.82) is 0 Å². The van der Waals surface area contributed by atoms with Gasteiger partial charge in [-0.1, -0.05) is 57.4 Å². The Labute approximate surface area is 126 Å². The summed E-state index contributed by atoms with van der Waals surface area (Å²) in [7, 11) is 0. The Kier molecular flexibility index (Phi) is 3.55. The molecule has 98 valence electrons. The highest BCUT2D eigenvalue weighted by Crippen LogP contribution is 2.42. The number of rotatable bonds is 2. The standard InChI is InChI=1S/C16H14BrClO/c1-10-3-2-4-11(7-10)15(17)14-9-13(18)8-12-5-6-19-16(12)14/h2-4,7-9,15H,5-6H2,1H3. The molecule has 3 heteroatoms. The number of halogens is 2. The minimum Gasteiger partial charge on any atom is -0.493 e. The predicted octanol–water partition coefficient (Wildman–Crippen LogP) is 5.07. The first-order valence-electron chi connectivity index (χ1n) is 6.31. The fraction of sp³-hybridized carbons (Fsp3) is 0.250. The van der Waals surface area contributed by atoms with E-state index < -0.39 is 0 Å². The van der Waals surface area contributed by atoms with E-state index in [2.05, 4.69) is 47.1 Å². The van der Waals surface area contributed by atoms with Crippen molar-refractivity contribution in [3.63, 3.8) is 0 Å². The number of benzene rings is 2. The Morgan fingerprint density at radius 2 is 2.11 bits per heavy atom. The molecule has 0 bridgehead atoms. The Morgan fingerprint density at radius 3 is 2.89 bits per heavy atom. The highest BCUT2D eigenvalue weighted by Gasteiger charge is 2.22. The number of fused-ring (bicyclic) bond motifs is 1. The van der Waals surface area contributed by atoms with Crippen LogP contribution in [-0.4, -0.2) is 6.61 Å². The first-order valence-corrected chi connectivity index (χ1v) is 7.60. The lowest BCUT2D eigenvalue weighted by Crippen LogP contribution is -1.97. The predicted molar refractivity (Wildman–Crippen MR) is 82.6 cm³/mol. The summed E-state index contributed by atoms with van der Waals surface area (Å²) >= 11 is 9.99. The van der Waals surface area contributed by atoms with Crippen LogP contribution in [0.2, 0.25) is 5.02 Å². The molecule has 0 aromatic heterocycles. The zero-order valence-electron chi connectivity index (χ0n) is 10.6. The number of aryl methyl sites for hydroxylation is 1.